The topological polar surface area (TPSA) is 43.6 Å². The molecule has 0 unspecified atom stereocenters. The molecule has 2 heterocycles. The molecule has 4 nitrogen and oxygen atoms in total. The molecule has 5 heteroatoms. The third-order valence-electron chi connectivity index (χ3n) is 2.97. The number of fused-ring (bicyclic) bond motifs is 1. The Hall–Kier alpha value is -1.94. The number of rotatable bonds is 1. The molecule has 0 saturated carbocycles. The van der Waals surface area contributed by atoms with Crippen molar-refractivity contribution in [3.63, 3.8) is 0 Å². The first-order valence-corrected chi connectivity index (χ1v) is 5.96. The minimum absolute atomic E-state index is 0.725. The van der Waals surface area contributed by atoms with Gasteiger partial charge in [0.1, 0.15) is 12.7 Å². The lowest BCUT2D eigenvalue weighted by molar-refractivity contribution is 0.842. The number of hydrogen-bond acceptors (Lipinski definition) is 3. The number of hydrogen-bond donors (Lipinski definition) is 0. The second kappa shape index (κ2) is 4.07. The first-order valence-electron chi connectivity index (χ1n) is 5.58. The lowest BCUT2D eigenvalue weighted by Crippen LogP contribution is -2.02. The number of aromatic nitrogens is 4. The van der Waals surface area contributed by atoms with Crippen LogP contribution in [-0.2, 0) is 0 Å². The third-order valence-corrected chi connectivity index (χ3v) is 3.38. The summed E-state index contributed by atoms with van der Waals surface area (Å²) in [4.78, 5) is 8.60. The van der Waals surface area contributed by atoms with E-state index in [1.807, 2.05) is 26.0 Å². The first-order chi connectivity index (χ1) is 8.66. The Morgan fingerprint density at radius 1 is 1.22 bits per heavy atom. The average molecular weight is 259 g/mol. The predicted octanol–water partition coefficient (Wildman–Crippen LogP) is 3.09. The summed E-state index contributed by atoms with van der Waals surface area (Å²) in [6.07, 6.45) is 3.14. The Morgan fingerprint density at radius 3 is 2.78 bits per heavy atom. The molecule has 0 aliphatic heterocycles. The molecule has 3 rings (SSSR count). The minimum Gasteiger partial charge on any atom is -0.228 e. The van der Waals surface area contributed by atoms with Crippen LogP contribution in [0.4, 0.5) is 0 Å². The maximum Gasteiger partial charge on any atom is 0.158 e. The number of nitrogens with zero attached hydrogens (tertiary/aromatic N) is 4. The van der Waals surface area contributed by atoms with E-state index in [1.54, 1.807) is 11.0 Å². The molecule has 0 aliphatic carbocycles. The highest BCUT2D eigenvalue weighted by atomic mass is 35.5. The second-order valence-corrected chi connectivity index (χ2v) is 4.62. The lowest BCUT2D eigenvalue weighted by atomic mass is 10.1. The quantitative estimate of drug-likeness (QED) is 0.674. The van der Waals surface area contributed by atoms with Crippen LogP contribution in [0.2, 0.25) is 5.02 Å². The molecule has 3 aromatic rings. The standard InChI is InChI=1S/C13H11ClN4/c1-8-5-10-3-4-11(14)9(2)12(10)17-13(8)18-7-15-6-16-18/h3-7H,1-2H3. The van der Waals surface area contributed by atoms with Gasteiger partial charge in [-0.3, -0.25) is 0 Å². The van der Waals surface area contributed by atoms with Gasteiger partial charge in [0.05, 0.1) is 5.52 Å². The molecule has 90 valence electrons. The molecule has 18 heavy (non-hydrogen) atoms. The van der Waals surface area contributed by atoms with Crippen molar-refractivity contribution in [3.05, 3.63) is 47.0 Å². The molecule has 0 saturated heterocycles. The average Bonchev–Trinajstić information content (AvgIpc) is 2.87. The zero-order chi connectivity index (χ0) is 12.7. The summed E-state index contributed by atoms with van der Waals surface area (Å²) >= 11 is 6.13. The van der Waals surface area contributed by atoms with Crippen LogP contribution in [0.3, 0.4) is 0 Å². The molecule has 0 aliphatic rings. The van der Waals surface area contributed by atoms with Gasteiger partial charge in [0.2, 0.25) is 0 Å². The summed E-state index contributed by atoms with van der Waals surface area (Å²) < 4.78 is 1.66. The molecule has 1 aromatic carbocycles. The number of halogens is 1. The van der Waals surface area contributed by atoms with E-state index in [0.717, 1.165) is 32.9 Å². The van der Waals surface area contributed by atoms with Crippen molar-refractivity contribution in [1.82, 2.24) is 19.7 Å². The molecule has 0 amide bonds. The van der Waals surface area contributed by atoms with E-state index < -0.39 is 0 Å². The van der Waals surface area contributed by atoms with Crippen LogP contribution in [0, 0.1) is 13.8 Å². The Kier molecular flexibility index (Phi) is 2.52. The third kappa shape index (κ3) is 1.66. The minimum atomic E-state index is 0.725. The molecule has 2 aromatic heterocycles. The molecule has 0 fully saturated rings. The van der Waals surface area contributed by atoms with Crippen molar-refractivity contribution in [2.24, 2.45) is 0 Å². The van der Waals surface area contributed by atoms with Gasteiger partial charge in [-0.2, -0.15) is 5.10 Å². The van der Waals surface area contributed by atoms with Crippen molar-refractivity contribution in [2.75, 3.05) is 0 Å². The molecule has 0 atom stereocenters. The van der Waals surface area contributed by atoms with Crippen molar-refractivity contribution in [1.29, 1.82) is 0 Å². The van der Waals surface area contributed by atoms with E-state index in [0.29, 0.717) is 0 Å². The summed E-state index contributed by atoms with van der Waals surface area (Å²) in [6, 6.07) is 5.97. The normalized spacial score (nSPS) is 11.1. The van der Waals surface area contributed by atoms with Crippen molar-refractivity contribution < 1.29 is 0 Å². The fourth-order valence-electron chi connectivity index (χ4n) is 2.00. The van der Waals surface area contributed by atoms with Crippen LogP contribution < -0.4 is 0 Å². The smallest absolute Gasteiger partial charge is 0.158 e. The molecule has 0 N–H and O–H groups in total. The van der Waals surface area contributed by atoms with Gasteiger partial charge in [0.15, 0.2) is 5.82 Å². The zero-order valence-corrected chi connectivity index (χ0v) is 10.8. The van der Waals surface area contributed by atoms with E-state index >= 15 is 0 Å². The van der Waals surface area contributed by atoms with Crippen LogP contribution in [0.1, 0.15) is 11.1 Å². The van der Waals surface area contributed by atoms with Gasteiger partial charge in [0.25, 0.3) is 0 Å². The largest absolute Gasteiger partial charge is 0.228 e. The van der Waals surface area contributed by atoms with Gasteiger partial charge >= 0.3 is 0 Å². The van der Waals surface area contributed by atoms with Crippen LogP contribution in [0.15, 0.2) is 30.9 Å². The maximum absolute atomic E-state index is 6.13. The van der Waals surface area contributed by atoms with E-state index in [4.69, 9.17) is 11.6 Å². The van der Waals surface area contributed by atoms with E-state index in [1.165, 1.54) is 6.33 Å². The van der Waals surface area contributed by atoms with Gasteiger partial charge in [-0.1, -0.05) is 17.7 Å². The van der Waals surface area contributed by atoms with E-state index in [-0.39, 0.29) is 0 Å². The highest BCUT2D eigenvalue weighted by molar-refractivity contribution is 6.32. The highest BCUT2D eigenvalue weighted by Crippen LogP contribution is 2.26. The Bertz CT molecular complexity index is 719. The highest BCUT2D eigenvalue weighted by Gasteiger charge is 2.09. The maximum atomic E-state index is 6.13. The number of pyridine rings is 1. The van der Waals surface area contributed by atoms with Crippen LogP contribution in [-0.4, -0.2) is 19.7 Å². The summed E-state index contributed by atoms with van der Waals surface area (Å²) in [5.41, 5.74) is 2.93. The predicted molar refractivity (Wildman–Crippen MR) is 71.1 cm³/mol. The first kappa shape index (κ1) is 11.2. The molecule has 0 bridgehead atoms. The SMILES string of the molecule is Cc1cc2ccc(Cl)c(C)c2nc1-n1cncn1. The summed E-state index contributed by atoms with van der Waals surface area (Å²) in [6.45, 7) is 3.98. The van der Waals surface area contributed by atoms with Crippen LogP contribution in [0.5, 0.6) is 0 Å². The Labute approximate surface area is 109 Å². The Morgan fingerprint density at radius 2 is 2.06 bits per heavy atom. The summed E-state index contributed by atoms with van der Waals surface area (Å²) in [7, 11) is 0. The molecular formula is C13H11ClN4. The van der Waals surface area contributed by atoms with E-state index in [2.05, 4.69) is 21.1 Å². The lowest BCUT2D eigenvalue weighted by Gasteiger charge is -2.09. The van der Waals surface area contributed by atoms with Crippen molar-refractivity contribution in [2.45, 2.75) is 13.8 Å². The van der Waals surface area contributed by atoms with Crippen molar-refractivity contribution >= 4 is 22.5 Å². The number of benzene rings is 1. The van der Waals surface area contributed by atoms with Gasteiger partial charge < -0.3 is 0 Å². The molecule has 0 spiro atoms. The van der Waals surface area contributed by atoms with Gasteiger partial charge in [-0.05, 0) is 37.1 Å². The molecule has 0 radical (unpaired) electrons. The van der Waals surface area contributed by atoms with Crippen LogP contribution in [0.25, 0.3) is 16.7 Å². The summed E-state index contributed by atoms with van der Waals surface area (Å²) in [5, 5.41) is 5.92. The van der Waals surface area contributed by atoms with Crippen molar-refractivity contribution in [3.8, 4) is 5.82 Å². The fourth-order valence-corrected chi connectivity index (χ4v) is 2.16. The second-order valence-electron chi connectivity index (χ2n) is 4.21. The monoisotopic (exact) mass is 258 g/mol. The number of aryl methyl sites for hydroxylation is 2. The zero-order valence-electron chi connectivity index (χ0n) is 10.1. The summed E-state index contributed by atoms with van der Waals surface area (Å²) in [5.74, 6) is 0.783. The van der Waals surface area contributed by atoms with Gasteiger partial charge in [-0.25, -0.2) is 14.6 Å². The Balaban J connectivity index is 2.35. The van der Waals surface area contributed by atoms with Gasteiger partial charge in [-0.15, -0.1) is 0 Å². The van der Waals surface area contributed by atoms with E-state index in [9.17, 15) is 0 Å². The fraction of sp³-hybridized carbons (Fsp3) is 0.154. The van der Waals surface area contributed by atoms with Gasteiger partial charge in [0, 0.05) is 10.4 Å². The van der Waals surface area contributed by atoms with Crippen LogP contribution >= 0.6 is 11.6 Å². The molecular weight excluding hydrogens is 248 g/mol.